The van der Waals surface area contributed by atoms with Crippen LogP contribution in [0.2, 0.25) is 10.0 Å². The Bertz CT molecular complexity index is 923. The molecule has 0 saturated heterocycles. The van der Waals surface area contributed by atoms with Crippen LogP contribution in [0, 0.1) is 0 Å². The number of carboxylic acids is 1. The van der Waals surface area contributed by atoms with Crippen molar-refractivity contribution in [3.8, 4) is 0 Å². The fourth-order valence-electron chi connectivity index (χ4n) is 3.38. The maximum Gasteiger partial charge on any atom is 0.416 e. The maximum atomic E-state index is 12.6. The van der Waals surface area contributed by atoms with Crippen LogP contribution in [-0.2, 0) is 21.2 Å². The zero-order valence-electron chi connectivity index (χ0n) is 16.3. The van der Waals surface area contributed by atoms with Gasteiger partial charge in [0.1, 0.15) is 0 Å². The molecule has 2 fully saturated rings. The molecule has 2 aliphatic carbocycles. The molecule has 4 rings (SSSR count). The molecule has 168 valence electrons. The lowest BCUT2D eigenvalue weighted by molar-refractivity contribution is -0.140. The van der Waals surface area contributed by atoms with Crippen LogP contribution in [0.4, 0.5) is 13.2 Å². The molecule has 2 saturated carbocycles. The van der Waals surface area contributed by atoms with E-state index in [0.29, 0.717) is 28.5 Å². The number of hydrogen-bond donors (Lipinski definition) is 2. The first-order valence-corrected chi connectivity index (χ1v) is 10.3. The summed E-state index contributed by atoms with van der Waals surface area (Å²) in [5.74, 6) is -0.649. The number of benzene rings is 2. The van der Waals surface area contributed by atoms with E-state index in [9.17, 15) is 18.0 Å². The zero-order chi connectivity index (χ0) is 23.2. The highest BCUT2D eigenvalue weighted by atomic mass is 35.5. The summed E-state index contributed by atoms with van der Waals surface area (Å²) in [5.41, 5.74) is 0.0733. The van der Waals surface area contributed by atoms with Gasteiger partial charge in [-0.05, 0) is 60.9 Å². The van der Waals surface area contributed by atoms with Gasteiger partial charge in [0.25, 0.3) is 6.47 Å². The molecule has 9 heteroatoms. The molecule has 0 aliphatic heterocycles. The van der Waals surface area contributed by atoms with Crippen LogP contribution in [0.3, 0.4) is 0 Å². The Hall–Kier alpha value is -2.25. The molecule has 0 aromatic heterocycles. The van der Waals surface area contributed by atoms with Crippen LogP contribution < -0.4 is 0 Å². The number of hydrogen-bond acceptors (Lipinski definition) is 2. The molecule has 0 radical (unpaired) electrons. The van der Waals surface area contributed by atoms with Crippen LogP contribution in [0.25, 0.3) is 0 Å². The Kier molecular flexibility index (Phi) is 8.37. The summed E-state index contributed by atoms with van der Waals surface area (Å²) in [7, 11) is 0. The largest absolute Gasteiger partial charge is 0.483 e. The van der Waals surface area contributed by atoms with E-state index in [1.54, 1.807) is 30.3 Å². The fourth-order valence-corrected chi connectivity index (χ4v) is 3.67. The van der Waals surface area contributed by atoms with Crippen molar-refractivity contribution < 1.29 is 33.0 Å². The van der Waals surface area contributed by atoms with Crippen LogP contribution in [0.1, 0.15) is 54.7 Å². The van der Waals surface area contributed by atoms with E-state index in [0.717, 1.165) is 24.8 Å². The number of carboxylic acid groups (broad SMARTS) is 2. The predicted octanol–water partition coefficient (Wildman–Crippen LogP) is 6.78. The summed E-state index contributed by atoms with van der Waals surface area (Å²) >= 11 is 11.6. The average molecular weight is 477 g/mol. The second kappa shape index (κ2) is 10.4. The van der Waals surface area contributed by atoms with Crippen LogP contribution in [-0.4, -0.2) is 22.7 Å². The predicted molar refractivity (Wildman–Crippen MR) is 112 cm³/mol. The van der Waals surface area contributed by atoms with E-state index >= 15 is 0 Å². The Morgan fingerprint density at radius 1 is 1.06 bits per heavy atom. The number of aliphatic carboxylic acids is 1. The standard InChI is InChI=1S/C11H11F3.C10H8Cl2O2.CH2O2/c12-11(13,14)10-7-2-1-6-9(10)8-4-3-5-8;11-7-2-1-6(5-8(7)12)10(3-4-10)9(13)14;2-1-3/h1-2,6-8H,3-5H2;1-2,5H,3-4H2,(H,13,14);1H,(H,2,3). The molecule has 0 spiro atoms. The summed E-state index contributed by atoms with van der Waals surface area (Å²) in [5, 5.41) is 16.8. The molecule has 2 aliphatic rings. The summed E-state index contributed by atoms with van der Waals surface area (Å²) in [6.07, 6.45) is 0.00379. The highest BCUT2D eigenvalue weighted by molar-refractivity contribution is 6.42. The van der Waals surface area contributed by atoms with Gasteiger partial charge in [0.05, 0.1) is 21.0 Å². The van der Waals surface area contributed by atoms with Crippen LogP contribution in [0.5, 0.6) is 0 Å². The molecular formula is C22H21Cl2F3O4. The number of halogens is 5. The summed E-state index contributed by atoms with van der Waals surface area (Å²) in [6.45, 7) is -0.250. The first-order chi connectivity index (χ1) is 14.6. The molecule has 0 atom stereocenters. The average Bonchev–Trinajstić information content (AvgIpc) is 3.46. The van der Waals surface area contributed by atoms with Crippen molar-refractivity contribution in [3.63, 3.8) is 0 Å². The normalized spacial score (nSPS) is 16.5. The van der Waals surface area contributed by atoms with Crippen molar-refractivity contribution in [1.82, 2.24) is 0 Å². The molecule has 0 bridgehead atoms. The van der Waals surface area contributed by atoms with Gasteiger partial charge >= 0.3 is 12.1 Å². The lowest BCUT2D eigenvalue weighted by Gasteiger charge is -2.28. The minimum absolute atomic E-state index is 0.132. The molecule has 2 aromatic rings. The van der Waals surface area contributed by atoms with Crippen molar-refractivity contribution in [2.45, 2.75) is 49.6 Å². The third-order valence-corrected chi connectivity index (χ3v) is 6.18. The van der Waals surface area contributed by atoms with Gasteiger partial charge in [0, 0.05) is 0 Å². The third-order valence-electron chi connectivity index (χ3n) is 5.44. The van der Waals surface area contributed by atoms with Gasteiger partial charge in [-0.25, -0.2) is 0 Å². The van der Waals surface area contributed by atoms with Crippen molar-refractivity contribution in [2.24, 2.45) is 0 Å². The molecule has 0 amide bonds. The molecule has 4 nitrogen and oxygen atoms in total. The van der Waals surface area contributed by atoms with Crippen LogP contribution >= 0.6 is 23.2 Å². The SMILES string of the molecule is FC(F)(F)c1ccccc1C1CCC1.O=C(O)C1(c2ccc(Cl)c(Cl)c2)CC1.O=CO. The van der Waals surface area contributed by atoms with Gasteiger partial charge in [-0.2, -0.15) is 13.2 Å². The van der Waals surface area contributed by atoms with E-state index in [2.05, 4.69) is 0 Å². The molecule has 2 aromatic carbocycles. The van der Waals surface area contributed by atoms with Gasteiger partial charge in [-0.15, -0.1) is 0 Å². The van der Waals surface area contributed by atoms with E-state index in [-0.39, 0.29) is 12.4 Å². The maximum absolute atomic E-state index is 12.6. The topological polar surface area (TPSA) is 74.6 Å². The Labute approximate surface area is 187 Å². The van der Waals surface area contributed by atoms with Crippen molar-refractivity contribution in [3.05, 3.63) is 69.2 Å². The Morgan fingerprint density at radius 3 is 2.06 bits per heavy atom. The van der Waals surface area contributed by atoms with Gasteiger partial charge < -0.3 is 10.2 Å². The van der Waals surface area contributed by atoms with Crippen molar-refractivity contribution in [2.75, 3.05) is 0 Å². The monoisotopic (exact) mass is 476 g/mol. The minimum atomic E-state index is -4.20. The van der Waals surface area contributed by atoms with E-state index in [1.165, 1.54) is 12.1 Å². The Morgan fingerprint density at radius 2 is 1.65 bits per heavy atom. The van der Waals surface area contributed by atoms with E-state index in [4.69, 9.17) is 38.2 Å². The van der Waals surface area contributed by atoms with E-state index < -0.39 is 23.1 Å². The van der Waals surface area contributed by atoms with Crippen molar-refractivity contribution in [1.29, 1.82) is 0 Å². The molecular weight excluding hydrogens is 456 g/mol. The lowest BCUT2D eigenvalue weighted by atomic mass is 9.78. The lowest BCUT2D eigenvalue weighted by Crippen LogP contribution is -2.19. The highest BCUT2D eigenvalue weighted by Gasteiger charge is 2.51. The molecule has 0 unspecified atom stereocenters. The molecule has 31 heavy (non-hydrogen) atoms. The van der Waals surface area contributed by atoms with Gasteiger partial charge in [0.15, 0.2) is 0 Å². The van der Waals surface area contributed by atoms with Gasteiger partial charge in [0.2, 0.25) is 0 Å². The fraction of sp³-hybridized carbons (Fsp3) is 0.364. The van der Waals surface area contributed by atoms with Gasteiger partial charge in [-0.1, -0.05) is 53.9 Å². The summed E-state index contributed by atoms with van der Waals surface area (Å²) in [6, 6.07) is 10.9. The first kappa shape index (κ1) is 25.0. The number of alkyl halides is 3. The number of carbonyl (C=O) groups is 2. The summed E-state index contributed by atoms with van der Waals surface area (Å²) < 4.78 is 37.7. The first-order valence-electron chi connectivity index (χ1n) is 9.49. The summed E-state index contributed by atoms with van der Waals surface area (Å²) in [4.78, 5) is 19.4. The van der Waals surface area contributed by atoms with Crippen LogP contribution in [0.15, 0.2) is 42.5 Å². The quantitative estimate of drug-likeness (QED) is 0.478. The number of rotatable bonds is 3. The van der Waals surface area contributed by atoms with E-state index in [1.807, 2.05) is 0 Å². The highest BCUT2D eigenvalue weighted by Crippen LogP contribution is 2.49. The smallest absolute Gasteiger partial charge is 0.416 e. The Balaban J connectivity index is 0.000000196. The zero-order valence-corrected chi connectivity index (χ0v) is 17.8. The second-order valence-electron chi connectivity index (χ2n) is 7.33. The second-order valence-corrected chi connectivity index (χ2v) is 8.15. The third kappa shape index (κ3) is 6.14. The molecule has 0 heterocycles. The van der Waals surface area contributed by atoms with Gasteiger partial charge in [-0.3, -0.25) is 9.59 Å². The molecule has 2 N–H and O–H groups in total. The minimum Gasteiger partial charge on any atom is -0.483 e. The van der Waals surface area contributed by atoms with Crippen molar-refractivity contribution >= 4 is 35.6 Å².